The van der Waals surface area contributed by atoms with Crippen LogP contribution in [0, 0.1) is 3.57 Å². The third-order valence-electron chi connectivity index (χ3n) is 3.29. The quantitative estimate of drug-likeness (QED) is 0.754. The highest BCUT2D eigenvalue weighted by atomic mass is 127. The lowest BCUT2D eigenvalue weighted by Crippen LogP contribution is -2.53. The minimum Gasteiger partial charge on any atom is -0.479 e. The molecule has 0 saturated heterocycles. The number of carbonyl (C=O) groups excluding carboxylic acids is 1. The Labute approximate surface area is 144 Å². The van der Waals surface area contributed by atoms with E-state index in [2.05, 4.69) is 22.6 Å². The van der Waals surface area contributed by atoms with Gasteiger partial charge in [-0.1, -0.05) is 12.1 Å². The molecule has 1 aromatic rings. The predicted octanol–water partition coefficient (Wildman–Crippen LogP) is 3.85. The number of ether oxygens (including phenoxy) is 1. The molecule has 0 radical (unpaired) electrons. The van der Waals surface area contributed by atoms with Gasteiger partial charge in [-0.2, -0.15) is 0 Å². The Hall–Kier alpha value is -1.31. The van der Waals surface area contributed by atoms with Crippen LogP contribution in [0.5, 0.6) is 0 Å². The van der Waals surface area contributed by atoms with E-state index in [9.17, 15) is 14.7 Å². The van der Waals surface area contributed by atoms with Gasteiger partial charge in [0.05, 0.1) is 0 Å². The number of hydrogen-bond donors (Lipinski definition) is 1. The Morgan fingerprint density at radius 3 is 2.05 bits per heavy atom. The molecule has 0 heterocycles. The van der Waals surface area contributed by atoms with Crippen molar-refractivity contribution in [1.29, 1.82) is 0 Å². The van der Waals surface area contributed by atoms with E-state index in [-0.39, 0.29) is 6.54 Å². The van der Waals surface area contributed by atoms with Gasteiger partial charge in [-0.25, -0.2) is 9.59 Å². The largest absolute Gasteiger partial charge is 0.479 e. The number of nitrogens with zero attached hydrogens (tertiary/aromatic N) is 1. The molecule has 1 aromatic carbocycles. The molecule has 0 aliphatic carbocycles. The van der Waals surface area contributed by atoms with E-state index in [4.69, 9.17) is 4.74 Å². The molecule has 0 saturated carbocycles. The summed E-state index contributed by atoms with van der Waals surface area (Å²) in [5.41, 5.74) is -1.63. The number of carbonyl (C=O) groups is 2. The summed E-state index contributed by atoms with van der Waals surface area (Å²) in [5.74, 6) is -1.10. The average Bonchev–Trinajstić information content (AvgIpc) is 2.37. The summed E-state index contributed by atoms with van der Waals surface area (Å²) in [5, 5.41) is 9.75. The Morgan fingerprint density at radius 2 is 1.68 bits per heavy atom. The molecule has 0 aliphatic heterocycles. The molecule has 0 aliphatic rings. The fraction of sp³-hybridized carbons (Fsp3) is 0.500. The second-order valence-corrected chi connectivity index (χ2v) is 7.35. The van der Waals surface area contributed by atoms with Gasteiger partial charge in [0.1, 0.15) is 5.60 Å². The van der Waals surface area contributed by atoms with Crippen LogP contribution in [0.25, 0.3) is 0 Å². The minimum atomic E-state index is -1.48. The first-order valence-electron chi connectivity index (χ1n) is 7.02. The van der Waals surface area contributed by atoms with Crippen LogP contribution in [0.1, 0.15) is 40.2 Å². The molecule has 1 rings (SSSR count). The van der Waals surface area contributed by atoms with Crippen LogP contribution in [-0.2, 0) is 15.1 Å². The highest BCUT2D eigenvalue weighted by molar-refractivity contribution is 14.1. The summed E-state index contributed by atoms with van der Waals surface area (Å²) in [6.45, 7) is 8.73. The van der Waals surface area contributed by atoms with E-state index < -0.39 is 23.2 Å². The fourth-order valence-corrected chi connectivity index (χ4v) is 2.47. The van der Waals surface area contributed by atoms with Crippen molar-refractivity contribution in [1.82, 2.24) is 4.90 Å². The van der Waals surface area contributed by atoms with Crippen LogP contribution >= 0.6 is 22.6 Å². The molecule has 122 valence electrons. The molecule has 1 amide bonds. The second kappa shape index (κ2) is 6.85. The van der Waals surface area contributed by atoms with Crippen LogP contribution in [0.4, 0.5) is 4.79 Å². The number of benzene rings is 1. The molecule has 6 heteroatoms. The maximum atomic E-state index is 12.4. The highest BCUT2D eigenvalue weighted by Gasteiger charge is 2.44. The van der Waals surface area contributed by atoms with E-state index in [0.717, 1.165) is 3.57 Å². The van der Waals surface area contributed by atoms with Crippen LogP contribution in [0.2, 0.25) is 0 Å². The molecule has 1 N–H and O–H groups in total. The summed E-state index contributed by atoms with van der Waals surface area (Å²) in [7, 11) is 0. The SMILES string of the molecule is CCN(C(=O)OC(C)(C)C)C(C)(C(=O)O)c1ccc(I)cc1. The predicted molar refractivity (Wildman–Crippen MR) is 92.8 cm³/mol. The number of carboxylic acid groups (broad SMARTS) is 1. The van der Waals surface area contributed by atoms with Crippen LogP contribution < -0.4 is 0 Å². The van der Waals surface area contributed by atoms with Crippen LogP contribution in [0.15, 0.2) is 24.3 Å². The number of carboxylic acids is 1. The zero-order chi connectivity index (χ0) is 17.1. The number of hydrogen-bond acceptors (Lipinski definition) is 3. The van der Waals surface area contributed by atoms with Gasteiger partial charge in [0.25, 0.3) is 0 Å². The van der Waals surface area contributed by atoms with Crippen molar-refractivity contribution in [3.05, 3.63) is 33.4 Å². The van der Waals surface area contributed by atoms with E-state index >= 15 is 0 Å². The van der Waals surface area contributed by atoms with E-state index in [1.165, 1.54) is 11.8 Å². The van der Waals surface area contributed by atoms with Crippen molar-refractivity contribution < 1.29 is 19.4 Å². The molecule has 0 spiro atoms. The van der Waals surface area contributed by atoms with Gasteiger partial charge in [-0.15, -0.1) is 0 Å². The summed E-state index contributed by atoms with van der Waals surface area (Å²) >= 11 is 2.15. The molecule has 5 nitrogen and oxygen atoms in total. The molecule has 0 aromatic heterocycles. The summed E-state index contributed by atoms with van der Waals surface area (Å²) in [4.78, 5) is 25.6. The molecule has 1 unspecified atom stereocenters. The van der Waals surface area contributed by atoms with Crippen LogP contribution in [0.3, 0.4) is 0 Å². The van der Waals surface area contributed by atoms with Gasteiger partial charge in [0.15, 0.2) is 5.54 Å². The second-order valence-electron chi connectivity index (χ2n) is 6.11. The number of amides is 1. The van der Waals surface area contributed by atoms with Crippen molar-refractivity contribution in [2.45, 2.75) is 45.8 Å². The fourth-order valence-electron chi connectivity index (χ4n) is 2.11. The van der Waals surface area contributed by atoms with Gasteiger partial charge >= 0.3 is 12.1 Å². The zero-order valence-electron chi connectivity index (χ0n) is 13.5. The van der Waals surface area contributed by atoms with Crippen molar-refractivity contribution >= 4 is 34.7 Å². The third-order valence-corrected chi connectivity index (χ3v) is 4.01. The first kappa shape index (κ1) is 18.7. The molecule has 22 heavy (non-hydrogen) atoms. The standard InChI is InChI=1S/C16H22INO4/c1-6-18(14(21)22-15(2,3)4)16(5,13(19)20)11-7-9-12(17)10-8-11/h7-10H,6H2,1-5H3,(H,19,20). The third kappa shape index (κ3) is 4.12. The molecule has 1 atom stereocenters. The lowest BCUT2D eigenvalue weighted by atomic mass is 9.90. The normalized spacial score (nSPS) is 14.1. The molecule has 0 fully saturated rings. The monoisotopic (exact) mass is 419 g/mol. The van der Waals surface area contributed by atoms with Crippen LogP contribution in [-0.4, -0.2) is 34.2 Å². The Balaban J connectivity index is 3.29. The van der Waals surface area contributed by atoms with E-state index in [0.29, 0.717) is 5.56 Å². The highest BCUT2D eigenvalue weighted by Crippen LogP contribution is 2.30. The number of likely N-dealkylation sites (N-methyl/N-ethyl adjacent to an activating group) is 1. The Bertz CT molecular complexity index is 550. The molecular weight excluding hydrogens is 397 g/mol. The smallest absolute Gasteiger partial charge is 0.411 e. The number of aliphatic carboxylic acids is 1. The van der Waals surface area contributed by atoms with Gasteiger partial charge in [0, 0.05) is 10.1 Å². The van der Waals surface area contributed by atoms with Gasteiger partial charge in [-0.05, 0) is 74.9 Å². The summed E-state index contributed by atoms with van der Waals surface area (Å²) in [6.07, 6.45) is -0.640. The first-order chi connectivity index (χ1) is 10.0. The first-order valence-corrected chi connectivity index (χ1v) is 8.10. The van der Waals surface area contributed by atoms with Crippen molar-refractivity contribution in [2.75, 3.05) is 6.54 Å². The Kier molecular flexibility index (Phi) is 5.83. The van der Waals surface area contributed by atoms with E-state index in [1.807, 2.05) is 12.1 Å². The summed E-state index contributed by atoms with van der Waals surface area (Å²) in [6, 6.07) is 7.09. The number of halogens is 1. The lowest BCUT2D eigenvalue weighted by molar-refractivity contribution is -0.150. The molecule has 0 bridgehead atoms. The average molecular weight is 419 g/mol. The van der Waals surface area contributed by atoms with Gasteiger partial charge in [0.2, 0.25) is 0 Å². The minimum absolute atomic E-state index is 0.226. The molecular formula is C16H22INO4. The topological polar surface area (TPSA) is 66.8 Å². The van der Waals surface area contributed by atoms with Gasteiger partial charge in [-0.3, -0.25) is 4.90 Å². The maximum absolute atomic E-state index is 12.4. The van der Waals surface area contributed by atoms with Gasteiger partial charge < -0.3 is 9.84 Å². The van der Waals surface area contributed by atoms with Crippen molar-refractivity contribution in [3.8, 4) is 0 Å². The summed E-state index contributed by atoms with van der Waals surface area (Å²) < 4.78 is 6.35. The van der Waals surface area contributed by atoms with Crippen molar-refractivity contribution in [3.63, 3.8) is 0 Å². The number of rotatable bonds is 4. The Morgan fingerprint density at radius 1 is 1.18 bits per heavy atom. The lowest BCUT2D eigenvalue weighted by Gasteiger charge is -2.38. The van der Waals surface area contributed by atoms with E-state index in [1.54, 1.807) is 39.8 Å². The maximum Gasteiger partial charge on any atom is 0.411 e. The van der Waals surface area contributed by atoms with Crippen molar-refractivity contribution in [2.24, 2.45) is 0 Å². The zero-order valence-corrected chi connectivity index (χ0v) is 15.7.